The van der Waals surface area contributed by atoms with Gasteiger partial charge in [-0.25, -0.2) is 13.7 Å². The fraction of sp³-hybridized carbons (Fsp3) is 1.00. The molecule has 15 heteroatoms. The molecule has 5 atom stereocenters. The molecule has 12 nitrogen and oxygen atoms in total. The van der Waals surface area contributed by atoms with E-state index in [-0.39, 0.29) is 6.10 Å². The molecule has 0 aromatic rings. The standard InChI is InChI=1S/C7H18NO11P3/c1-2-5-3-6(9)7(18-5)4-17-20(10,11)8-21(12,13)19-22(14,15)16/h5-7,9H,2-4H2,1H3,(H2,14,15,16)(H3,8,10,11,12,13)/t5-,6?,7+/m1/s1. The smallest absolute Gasteiger partial charge is 0.390 e. The fourth-order valence-corrected chi connectivity index (χ4v) is 5.24. The summed E-state index contributed by atoms with van der Waals surface area (Å²) < 4.78 is 46.5. The second-order valence-corrected chi connectivity index (χ2v) is 9.29. The lowest BCUT2D eigenvalue weighted by molar-refractivity contribution is -0.0187. The first-order valence-electron chi connectivity index (χ1n) is 6.03. The topological polar surface area (TPSA) is 192 Å². The molecule has 0 aromatic carbocycles. The minimum absolute atomic E-state index is 0.239. The summed E-state index contributed by atoms with van der Waals surface area (Å²) in [7, 11) is -15.6. The molecule has 0 aliphatic carbocycles. The molecule has 0 radical (unpaired) electrons. The number of aliphatic hydroxyl groups excluding tert-OH is 1. The van der Waals surface area contributed by atoms with Gasteiger partial charge in [0.1, 0.15) is 6.10 Å². The van der Waals surface area contributed by atoms with Crippen LogP contribution in [0.2, 0.25) is 0 Å². The van der Waals surface area contributed by atoms with Crippen molar-refractivity contribution in [3.05, 3.63) is 0 Å². The molecule has 1 rings (SSSR count). The van der Waals surface area contributed by atoms with Crippen molar-refractivity contribution in [2.75, 3.05) is 6.61 Å². The average Bonchev–Trinajstić information content (AvgIpc) is 2.62. The molecule has 0 amide bonds. The Morgan fingerprint density at radius 2 is 1.77 bits per heavy atom. The van der Waals surface area contributed by atoms with Crippen molar-refractivity contribution in [1.29, 1.82) is 0 Å². The van der Waals surface area contributed by atoms with Crippen molar-refractivity contribution in [3.8, 4) is 0 Å². The Kier molecular flexibility index (Phi) is 6.93. The zero-order valence-corrected chi connectivity index (χ0v) is 14.1. The van der Waals surface area contributed by atoms with E-state index >= 15 is 0 Å². The first-order valence-corrected chi connectivity index (χ1v) is 10.7. The van der Waals surface area contributed by atoms with E-state index in [9.17, 15) is 23.7 Å². The normalized spacial score (nSPS) is 31.6. The van der Waals surface area contributed by atoms with Crippen LogP contribution in [-0.4, -0.2) is 49.6 Å². The molecule has 1 saturated heterocycles. The van der Waals surface area contributed by atoms with Gasteiger partial charge in [-0.3, -0.25) is 4.52 Å². The van der Waals surface area contributed by atoms with Crippen molar-refractivity contribution in [2.45, 2.75) is 38.1 Å². The van der Waals surface area contributed by atoms with E-state index in [1.807, 2.05) is 6.92 Å². The molecule has 132 valence electrons. The van der Waals surface area contributed by atoms with E-state index in [4.69, 9.17) is 19.4 Å². The second kappa shape index (κ2) is 7.48. The molecular weight excluding hydrogens is 367 g/mol. The summed E-state index contributed by atoms with van der Waals surface area (Å²) in [4.78, 5) is 36.3. The van der Waals surface area contributed by atoms with E-state index in [0.717, 1.165) is 4.86 Å². The number of nitrogens with one attached hydrogen (secondary N) is 1. The lowest BCUT2D eigenvalue weighted by Crippen LogP contribution is -2.27. The summed E-state index contributed by atoms with van der Waals surface area (Å²) in [6.45, 7) is 1.24. The van der Waals surface area contributed by atoms with Crippen molar-refractivity contribution in [2.24, 2.45) is 0 Å². The predicted octanol–water partition coefficient (Wildman–Crippen LogP) is -0.169. The predicted molar refractivity (Wildman–Crippen MR) is 71.4 cm³/mol. The van der Waals surface area contributed by atoms with Gasteiger partial charge in [-0.05, 0) is 6.42 Å². The highest BCUT2D eigenvalue weighted by molar-refractivity contribution is 7.70. The molecule has 3 unspecified atom stereocenters. The van der Waals surface area contributed by atoms with Gasteiger partial charge < -0.3 is 29.4 Å². The molecule has 0 bridgehead atoms. The second-order valence-electron chi connectivity index (χ2n) is 4.52. The zero-order valence-electron chi connectivity index (χ0n) is 11.4. The highest BCUT2D eigenvalue weighted by atomic mass is 31.3. The van der Waals surface area contributed by atoms with E-state index in [2.05, 4.69) is 8.83 Å². The molecular formula is C7H18NO11P3. The van der Waals surface area contributed by atoms with Crippen LogP contribution in [0.25, 0.3) is 0 Å². The van der Waals surface area contributed by atoms with Gasteiger partial charge in [-0.2, -0.15) is 4.31 Å². The summed E-state index contributed by atoms with van der Waals surface area (Å²) in [5.74, 6) is 0. The fourth-order valence-electron chi connectivity index (χ4n) is 1.75. The monoisotopic (exact) mass is 385 g/mol. The maximum atomic E-state index is 11.5. The number of aliphatic hydroxyl groups is 1. The number of phosphoric acid groups is 1. The molecule has 6 N–H and O–H groups in total. The van der Waals surface area contributed by atoms with Crippen molar-refractivity contribution in [1.82, 2.24) is 4.86 Å². The maximum Gasteiger partial charge on any atom is 0.477 e. The Bertz CT molecular complexity index is 520. The van der Waals surface area contributed by atoms with Gasteiger partial charge in [0.05, 0.1) is 18.8 Å². The minimum Gasteiger partial charge on any atom is -0.390 e. The van der Waals surface area contributed by atoms with Gasteiger partial charge in [0.15, 0.2) is 0 Å². The summed E-state index contributed by atoms with van der Waals surface area (Å²) in [6.07, 6.45) is -1.15. The number of rotatable bonds is 8. The lowest BCUT2D eigenvalue weighted by atomic mass is 10.1. The number of hydrogen-bond donors (Lipinski definition) is 6. The minimum atomic E-state index is -5.36. The highest BCUT2D eigenvalue weighted by Gasteiger charge is 2.40. The first kappa shape index (κ1) is 20.4. The Morgan fingerprint density at radius 1 is 1.18 bits per heavy atom. The van der Waals surface area contributed by atoms with Crippen LogP contribution in [0.1, 0.15) is 19.8 Å². The highest BCUT2D eigenvalue weighted by Crippen LogP contribution is 2.60. The summed E-state index contributed by atoms with van der Waals surface area (Å²) in [5, 5.41) is 9.64. The van der Waals surface area contributed by atoms with Crippen LogP contribution in [0.15, 0.2) is 0 Å². The Balaban J connectivity index is 2.56. The van der Waals surface area contributed by atoms with E-state index in [1.54, 1.807) is 0 Å². The molecule has 1 fully saturated rings. The van der Waals surface area contributed by atoms with Crippen LogP contribution in [0.4, 0.5) is 0 Å². The lowest BCUT2D eigenvalue weighted by Gasteiger charge is -2.20. The third kappa shape index (κ3) is 7.27. The van der Waals surface area contributed by atoms with Crippen molar-refractivity contribution in [3.63, 3.8) is 0 Å². The molecule has 0 aromatic heterocycles. The van der Waals surface area contributed by atoms with E-state index < -0.39 is 42.1 Å². The SMILES string of the molecule is CC[C@@H]1CC(O)[C@H](COP(=O)(O)NP(=O)(O)OP(=O)(O)O)O1. The van der Waals surface area contributed by atoms with Gasteiger partial charge in [0, 0.05) is 6.42 Å². The third-order valence-corrected chi connectivity index (χ3v) is 6.90. The van der Waals surface area contributed by atoms with Crippen LogP contribution in [0.3, 0.4) is 0 Å². The molecule has 1 heterocycles. The van der Waals surface area contributed by atoms with Gasteiger partial charge in [-0.15, -0.1) is 4.86 Å². The maximum absolute atomic E-state index is 11.5. The molecule has 22 heavy (non-hydrogen) atoms. The summed E-state index contributed by atoms with van der Waals surface area (Å²) in [5.41, 5.74) is 0. The van der Waals surface area contributed by atoms with Gasteiger partial charge in [0.2, 0.25) is 0 Å². The van der Waals surface area contributed by atoms with Gasteiger partial charge in [0.25, 0.3) is 0 Å². The molecule has 0 spiro atoms. The average molecular weight is 385 g/mol. The van der Waals surface area contributed by atoms with E-state index in [1.165, 1.54) is 0 Å². The Morgan fingerprint density at radius 3 is 2.23 bits per heavy atom. The summed E-state index contributed by atoms with van der Waals surface area (Å²) >= 11 is 0. The quantitative estimate of drug-likeness (QED) is 0.303. The van der Waals surface area contributed by atoms with Crippen molar-refractivity contribution >= 4 is 23.3 Å². The largest absolute Gasteiger partial charge is 0.477 e. The van der Waals surface area contributed by atoms with Gasteiger partial charge in [-0.1, -0.05) is 6.92 Å². The van der Waals surface area contributed by atoms with Gasteiger partial charge >= 0.3 is 23.3 Å². The van der Waals surface area contributed by atoms with Crippen LogP contribution >= 0.6 is 23.3 Å². The molecule has 1 aliphatic heterocycles. The van der Waals surface area contributed by atoms with Crippen LogP contribution in [0, 0.1) is 0 Å². The van der Waals surface area contributed by atoms with E-state index in [0.29, 0.717) is 12.8 Å². The third-order valence-electron chi connectivity index (χ3n) is 2.64. The first-order chi connectivity index (χ1) is 9.84. The Labute approximate surface area is 125 Å². The zero-order chi connectivity index (χ0) is 17.2. The molecule has 1 aliphatic rings. The number of ether oxygens (including phenoxy) is 1. The number of hydrogen-bond acceptors (Lipinski definition) is 7. The Hall–Kier alpha value is 0.330. The summed E-state index contributed by atoms with van der Waals surface area (Å²) in [6, 6.07) is 0. The van der Waals surface area contributed by atoms with Crippen LogP contribution in [0.5, 0.6) is 0 Å². The van der Waals surface area contributed by atoms with Crippen molar-refractivity contribution < 1.29 is 51.9 Å². The van der Waals surface area contributed by atoms with Crippen LogP contribution in [-0.2, 0) is 27.3 Å². The molecule has 0 saturated carbocycles. The van der Waals surface area contributed by atoms with Crippen LogP contribution < -0.4 is 4.86 Å².